The fraction of sp³-hybridized carbons (Fsp3) is 0.909. The van der Waals surface area contributed by atoms with E-state index in [0.29, 0.717) is 12.8 Å². The number of rotatable bonds is 3. The van der Waals surface area contributed by atoms with Gasteiger partial charge in [0.2, 0.25) is 5.92 Å². The van der Waals surface area contributed by atoms with Gasteiger partial charge in [-0.05, 0) is 32.6 Å². The van der Waals surface area contributed by atoms with E-state index < -0.39 is 17.4 Å². The Hall–Kier alpha value is -0.420. The summed E-state index contributed by atoms with van der Waals surface area (Å²) in [6.45, 7) is 3.32. The lowest BCUT2D eigenvalue weighted by molar-refractivity contribution is -0.151. The van der Waals surface area contributed by atoms with Crippen LogP contribution in [0.3, 0.4) is 0 Å². The Kier molecular flexibility index (Phi) is 5.81. The predicted octanol–water partition coefficient (Wildman–Crippen LogP) is 2.51. The Morgan fingerprint density at radius 1 is 1.41 bits per heavy atom. The van der Waals surface area contributed by atoms with E-state index >= 15 is 0 Å². The second-order valence-corrected chi connectivity index (χ2v) is 5.12. The maximum Gasteiger partial charge on any atom is 0.325 e. The van der Waals surface area contributed by atoms with Crippen LogP contribution in [-0.2, 0) is 9.53 Å². The molecule has 1 saturated carbocycles. The van der Waals surface area contributed by atoms with Crippen LogP contribution in [0.15, 0.2) is 0 Å². The van der Waals surface area contributed by atoms with Crippen molar-refractivity contribution in [1.82, 2.24) is 0 Å². The third-order valence-electron chi connectivity index (χ3n) is 2.81. The number of halogens is 3. The molecule has 17 heavy (non-hydrogen) atoms. The molecule has 0 aromatic carbocycles. The molecular weight excluding hydrogens is 252 g/mol. The highest BCUT2D eigenvalue weighted by atomic mass is 35.5. The van der Waals surface area contributed by atoms with Crippen LogP contribution < -0.4 is 5.73 Å². The van der Waals surface area contributed by atoms with Gasteiger partial charge < -0.3 is 10.5 Å². The lowest BCUT2D eigenvalue weighted by Crippen LogP contribution is -2.43. The summed E-state index contributed by atoms with van der Waals surface area (Å²) in [7, 11) is 0. The molecule has 0 aliphatic heterocycles. The highest BCUT2D eigenvalue weighted by molar-refractivity contribution is 5.85. The standard InChI is InChI=1S/C11H19F2NO2.ClH/c1-10(2,14)9(15)16-7-8-3-5-11(12,13)6-4-8;/h8H,3-7,14H2,1-2H3;1H. The summed E-state index contributed by atoms with van der Waals surface area (Å²) in [4.78, 5) is 11.3. The Morgan fingerprint density at radius 2 is 1.88 bits per heavy atom. The molecule has 6 heteroatoms. The van der Waals surface area contributed by atoms with Crippen LogP contribution in [0.5, 0.6) is 0 Å². The molecular formula is C11H20ClF2NO2. The largest absolute Gasteiger partial charge is 0.464 e. The van der Waals surface area contributed by atoms with Crippen LogP contribution >= 0.6 is 12.4 Å². The second kappa shape index (κ2) is 5.96. The van der Waals surface area contributed by atoms with Gasteiger partial charge in [0, 0.05) is 12.8 Å². The number of ether oxygens (including phenoxy) is 1. The number of carbonyl (C=O) groups is 1. The molecule has 1 rings (SSSR count). The van der Waals surface area contributed by atoms with Crippen LogP contribution in [0.4, 0.5) is 8.78 Å². The van der Waals surface area contributed by atoms with Crippen molar-refractivity contribution in [3.63, 3.8) is 0 Å². The maximum absolute atomic E-state index is 12.8. The molecule has 1 fully saturated rings. The maximum atomic E-state index is 12.8. The Labute approximate surface area is 106 Å². The Balaban J connectivity index is 0.00000256. The third-order valence-corrected chi connectivity index (χ3v) is 2.81. The van der Waals surface area contributed by atoms with Crippen molar-refractivity contribution < 1.29 is 18.3 Å². The van der Waals surface area contributed by atoms with Gasteiger partial charge in [-0.3, -0.25) is 4.79 Å². The summed E-state index contributed by atoms with van der Waals surface area (Å²) in [5, 5.41) is 0. The van der Waals surface area contributed by atoms with E-state index in [0.717, 1.165) is 0 Å². The summed E-state index contributed by atoms with van der Waals surface area (Å²) in [5.74, 6) is -2.97. The molecule has 1 aliphatic carbocycles. The fourth-order valence-electron chi connectivity index (χ4n) is 1.65. The van der Waals surface area contributed by atoms with E-state index in [1.165, 1.54) is 0 Å². The lowest BCUT2D eigenvalue weighted by atomic mass is 9.87. The summed E-state index contributed by atoms with van der Waals surface area (Å²) in [6.07, 6.45) is 0.596. The molecule has 0 aromatic heterocycles. The van der Waals surface area contributed by atoms with E-state index in [1.54, 1.807) is 13.8 Å². The topological polar surface area (TPSA) is 52.3 Å². The van der Waals surface area contributed by atoms with Crippen molar-refractivity contribution in [2.45, 2.75) is 51.0 Å². The summed E-state index contributed by atoms with van der Waals surface area (Å²) < 4.78 is 30.7. The molecule has 102 valence electrons. The van der Waals surface area contributed by atoms with Crippen LogP contribution in [0, 0.1) is 5.92 Å². The highest BCUT2D eigenvalue weighted by Crippen LogP contribution is 2.36. The number of hydrogen-bond acceptors (Lipinski definition) is 3. The molecule has 0 saturated heterocycles. The first-order valence-electron chi connectivity index (χ1n) is 5.55. The van der Waals surface area contributed by atoms with Gasteiger partial charge in [-0.1, -0.05) is 0 Å². The molecule has 0 bridgehead atoms. The van der Waals surface area contributed by atoms with Gasteiger partial charge in [-0.2, -0.15) is 0 Å². The average molecular weight is 272 g/mol. The minimum absolute atomic E-state index is 0. The van der Waals surface area contributed by atoms with Crippen LogP contribution in [0.2, 0.25) is 0 Å². The number of alkyl halides is 2. The first kappa shape index (κ1) is 16.6. The summed E-state index contributed by atoms with van der Waals surface area (Å²) in [5.41, 5.74) is 4.53. The quantitative estimate of drug-likeness (QED) is 0.803. The van der Waals surface area contributed by atoms with E-state index in [1.807, 2.05) is 0 Å². The third kappa shape index (κ3) is 5.64. The van der Waals surface area contributed by atoms with Gasteiger partial charge in [-0.15, -0.1) is 12.4 Å². The van der Waals surface area contributed by atoms with Crippen LogP contribution in [-0.4, -0.2) is 24.0 Å². The molecule has 0 unspecified atom stereocenters. The first-order chi connectivity index (χ1) is 7.21. The van der Waals surface area contributed by atoms with E-state index in [-0.39, 0.29) is 37.8 Å². The monoisotopic (exact) mass is 271 g/mol. The summed E-state index contributed by atoms with van der Waals surface area (Å²) in [6, 6.07) is 0. The number of hydrogen-bond donors (Lipinski definition) is 1. The Morgan fingerprint density at radius 3 is 2.29 bits per heavy atom. The van der Waals surface area contributed by atoms with Crippen molar-refractivity contribution in [3.05, 3.63) is 0 Å². The van der Waals surface area contributed by atoms with Gasteiger partial charge in [0.05, 0.1) is 6.61 Å². The van der Waals surface area contributed by atoms with E-state index in [4.69, 9.17) is 10.5 Å². The van der Waals surface area contributed by atoms with E-state index in [2.05, 4.69) is 0 Å². The lowest BCUT2D eigenvalue weighted by Gasteiger charge is -2.28. The van der Waals surface area contributed by atoms with Crippen molar-refractivity contribution >= 4 is 18.4 Å². The minimum atomic E-state index is -2.53. The predicted molar refractivity (Wildman–Crippen MR) is 63.4 cm³/mol. The van der Waals surface area contributed by atoms with Crippen molar-refractivity contribution in [3.8, 4) is 0 Å². The van der Waals surface area contributed by atoms with Crippen molar-refractivity contribution in [1.29, 1.82) is 0 Å². The van der Waals surface area contributed by atoms with Gasteiger partial charge in [0.25, 0.3) is 0 Å². The first-order valence-corrected chi connectivity index (χ1v) is 5.55. The molecule has 1 aliphatic rings. The highest BCUT2D eigenvalue weighted by Gasteiger charge is 2.35. The molecule has 0 spiro atoms. The molecule has 3 nitrogen and oxygen atoms in total. The van der Waals surface area contributed by atoms with Crippen LogP contribution in [0.25, 0.3) is 0 Å². The molecule has 0 atom stereocenters. The average Bonchev–Trinajstić information content (AvgIpc) is 2.14. The smallest absolute Gasteiger partial charge is 0.325 e. The molecule has 0 amide bonds. The number of esters is 1. The van der Waals surface area contributed by atoms with Gasteiger partial charge in [0.15, 0.2) is 0 Å². The Bertz CT molecular complexity index is 257. The van der Waals surface area contributed by atoms with Crippen LogP contribution in [0.1, 0.15) is 39.5 Å². The van der Waals surface area contributed by atoms with Crippen molar-refractivity contribution in [2.75, 3.05) is 6.61 Å². The minimum Gasteiger partial charge on any atom is -0.464 e. The molecule has 2 N–H and O–H groups in total. The fourth-order valence-corrected chi connectivity index (χ4v) is 1.65. The second-order valence-electron chi connectivity index (χ2n) is 5.12. The zero-order valence-electron chi connectivity index (χ0n) is 10.2. The molecule has 0 heterocycles. The molecule has 0 aromatic rings. The SMILES string of the molecule is CC(C)(N)C(=O)OCC1CCC(F)(F)CC1.Cl. The van der Waals surface area contributed by atoms with Crippen molar-refractivity contribution in [2.24, 2.45) is 11.7 Å². The number of nitrogens with two attached hydrogens (primary N) is 1. The van der Waals surface area contributed by atoms with Gasteiger partial charge >= 0.3 is 5.97 Å². The zero-order valence-corrected chi connectivity index (χ0v) is 11.0. The van der Waals surface area contributed by atoms with Gasteiger partial charge in [0.1, 0.15) is 5.54 Å². The normalized spacial score (nSPS) is 20.5. The molecule has 0 radical (unpaired) electrons. The number of carbonyl (C=O) groups excluding carboxylic acids is 1. The van der Waals surface area contributed by atoms with E-state index in [9.17, 15) is 13.6 Å². The summed E-state index contributed by atoms with van der Waals surface area (Å²) >= 11 is 0. The van der Waals surface area contributed by atoms with Gasteiger partial charge in [-0.25, -0.2) is 8.78 Å². The zero-order chi connectivity index (χ0) is 12.4.